The van der Waals surface area contributed by atoms with E-state index < -0.39 is 11.2 Å². The Hall–Kier alpha value is -1.11. The lowest BCUT2D eigenvalue weighted by Crippen LogP contribution is -2.47. The molecular formula is C16H27BN2O3. The van der Waals surface area contributed by atoms with Crippen LogP contribution in [0.4, 0.5) is 0 Å². The van der Waals surface area contributed by atoms with Gasteiger partial charge in [-0.2, -0.15) is 5.10 Å². The fourth-order valence-electron chi connectivity index (χ4n) is 2.14. The summed E-state index contributed by atoms with van der Waals surface area (Å²) in [7, 11) is 0.434. The van der Waals surface area contributed by atoms with Gasteiger partial charge < -0.3 is 14.5 Å². The van der Waals surface area contributed by atoms with E-state index in [1.54, 1.807) is 13.8 Å². The van der Waals surface area contributed by atoms with Crippen molar-refractivity contribution in [3.8, 4) is 0 Å². The summed E-state index contributed by atoms with van der Waals surface area (Å²) in [5.74, 6) is 1.92. The molecule has 1 unspecified atom stereocenters. The first-order chi connectivity index (χ1) is 10.3. The minimum absolute atomic E-state index is 0.0706. The molecule has 5 nitrogen and oxygen atoms in total. The van der Waals surface area contributed by atoms with Gasteiger partial charge in [-0.3, -0.25) is 0 Å². The van der Waals surface area contributed by atoms with E-state index in [1.807, 2.05) is 42.8 Å². The van der Waals surface area contributed by atoms with Crippen molar-refractivity contribution in [3.63, 3.8) is 0 Å². The van der Waals surface area contributed by atoms with Crippen LogP contribution >= 0.6 is 0 Å². The minimum Gasteiger partial charge on any atom is -0.427 e. The lowest BCUT2D eigenvalue weighted by molar-refractivity contribution is -0.0894. The summed E-state index contributed by atoms with van der Waals surface area (Å²) in [6.45, 7) is 8.09. The third-order valence-corrected chi connectivity index (χ3v) is 4.38. The number of ether oxygens (including phenoxy) is 1. The SMILES string of the molecule is CC(C)(O)C(C)(C)OB/C=C/c1ccn(C2CCCCO2)n1. The molecular weight excluding hydrogens is 279 g/mol. The van der Waals surface area contributed by atoms with Gasteiger partial charge in [-0.25, -0.2) is 4.68 Å². The van der Waals surface area contributed by atoms with E-state index in [0.29, 0.717) is 7.48 Å². The molecule has 1 aromatic rings. The molecule has 22 heavy (non-hydrogen) atoms. The summed E-state index contributed by atoms with van der Waals surface area (Å²) in [6.07, 6.45) is 7.31. The highest BCUT2D eigenvalue weighted by atomic mass is 16.5. The molecule has 1 aliphatic heterocycles. The van der Waals surface area contributed by atoms with Crippen LogP contribution in [0.2, 0.25) is 0 Å². The molecule has 1 N–H and O–H groups in total. The molecule has 2 heterocycles. The Morgan fingerprint density at radius 2 is 2.18 bits per heavy atom. The lowest BCUT2D eigenvalue weighted by atomic mass is 9.86. The van der Waals surface area contributed by atoms with Crippen LogP contribution in [-0.4, -0.2) is 40.2 Å². The summed E-state index contributed by atoms with van der Waals surface area (Å²) in [5, 5.41) is 14.5. The molecule has 1 atom stereocenters. The maximum Gasteiger partial charge on any atom is 0.302 e. The predicted molar refractivity (Wildman–Crippen MR) is 88.7 cm³/mol. The van der Waals surface area contributed by atoms with Gasteiger partial charge in [-0.1, -0.05) is 5.98 Å². The van der Waals surface area contributed by atoms with Gasteiger partial charge in [0.25, 0.3) is 0 Å². The highest BCUT2D eigenvalue weighted by Gasteiger charge is 2.35. The maximum absolute atomic E-state index is 10.0. The van der Waals surface area contributed by atoms with Gasteiger partial charge in [0, 0.05) is 12.8 Å². The molecule has 1 aromatic heterocycles. The third kappa shape index (κ3) is 4.45. The van der Waals surface area contributed by atoms with Crippen molar-refractivity contribution < 1.29 is 14.5 Å². The third-order valence-electron chi connectivity index (χ3n) is 4.38. The number of nitrogens with zero attached hydrogens (tertiary/aromatic N) is 2. The molecule has 0 saturated carbocycles. The van der Waals surface area contributed by atoms with Crippen molar-refractivity contribution in [2.75, 3.05) is 6.61 Å². The molecule has 1 saturated heterocycles. The standard InChI is InChI=1S/C16H27BN2O3/c1-15(2,20)16(3,4)22-17-10-8-13-9-11-19(18-13)14-7-5-6-12-21-14/h8-11,14,17,20H,5-7,12H2,1-4H3/b10-8+. The normalized spacial score (nSPS) is 20.5. The summed E-state index contributed by atoms with van der Waals surface area (Å²) in [5.41, 5.74) is -0.605. The minimum atomic E-state index is -0.888. The molecule has 0 amide bonds. The first-order valence-corrected chi connectivity index (χ1v) is 7.99. The van der Waals surface area contributed by atoms with E-state index in [0.717, 1.165) is 25.1 Å². The van der Waals surface area contributed by atoms with Crippen LogP contribution < -0.4 is 0 Å². The van der Waals surface area contributed by atoms with Crippen LogP contribution in [0.15, 0.2) is 18.2 Å². The van der Waals surface area contributed by atoms with Crippen LogP contribution in [0.25, 0.3) is 6.08 Å². The van der Waals surface area contributed by atoms with E-state index in [9.17, 15) is 5.11 Å². The fraction of sp³-hybridized carbons (Fsp3) is 0.688. The number of aliphatic hydroxyl groups is 1. The zero-order valence-corrected chi connectivity index (χ0v) is 14.1. The molecule has 0 aliphatic carbocycles. The van der Waals surface area contributed by atoms with Gasteiger partial charge in [0.05, 0.1) is 16.9 Å². The molecule has 6 heteroatoms. The number of aromatic nitrogens is 2. The van der Waals surface area contributed by atoms with Crippen molar-refractivity contribution in [1.29, 1.82) is 0 Å². The molecule has 0 radical (unpaired) electrons. The van der Waals surface area contributed by atoms with E-state index in [2.05, 4.69) is 5.10 Å². The molecule has 1 fully saturated rings. The zero-order valence-electron chi connectivity index (χ0n) is 14.1. The first kappa shape index (κ1) is 17.3. The highest BCUT2D eigenvalue weighted by molar-refractivity contribution is 6.35. The largest absolute Gasteiger partial charge is 0.427 e. The van der Waals surface area contributed by atoms with Crippen molar-refractivity contribution >= 4 is 13.6 Å². The number of rotatable bonds is 6. The fourth-order valence-corrected chi connectivity index (χ4v) is 2.14. The summed E-state index contributed by atoms with van der Waals surface area (Å²) in [6, 6.07) is 1.97. The Balaban J connectivity index is 1.85. The Bertz CT molecular complexity index is 500. The zero-order chi connectivity index (χ0) is 16.2. The average molecular weight is 306 g/mol. The van der Waals surface area contributed by atoms with Crippen molar-refractivity contribution in [2.24, 2.45) is 0 Å². The van der Waals surface area contributed by atoms with Crippen LogP contribution in [-0.2, 0) is 9.39 Å². The van der Waals surface area contributed by atoms with Crippen LogP contribution in [0.1, 0.15) is 58.9 Å². The Morgan fingerprint density at radius 1 is 1.41 bits per heavy atom. The monoisotopic (exact) mass is 306 g/mol. The highest BCUT2D eigenvalue weighted by Crippen LogP contribution is 2.24. The average Bonchev–Trinajstić information content (AvgIpc) is 2.92. The van der Waals surface area contributed by atoms with Gasteiger partial charge in [0.15, 0.2) is 0 Å². The lowest BCUT2D eigenvalue weighted by Gasteiger charge is -2.37. The van der Waals surface area contributed by atoms with Crippen molar-refractivity contribution in [1.82, 2.24) is 9.78 Å². The Morgan fingerprint density at radius 3 is 2.82 bits per heavy atom. The van der Waals surface area contributed by atoms with E-state index in [-0.39, 0.29) is 6.23 Å². The van der Waals surface area contributed by atoms with E-state index >= 15 is 0 Å². The van der Waals surface area contributed by atoms with Crippen molar-refractivity contribution in [2.45, 2.75) is 64.4 Å². The van der Waals surface area contributed by atoms with Gasteiger partial charge in [0.2, 0.25) is 0 Å². The van der Waals surface area contributed by atoms with E-state index in [1.165, 1.54) is 6.42 Å². The summed E-state index contributed by atoms with van der Waals surface area (Å²) in [4.78, 5) is 0. The Labute approximate surface area is 133 Å². The molecule has 0 bridgehead atoms. The number of hydrogen-bond acceptors (Lipinski definition) is 4. The smallest absolute Gasteiger partial charge is 0.302 e. The summed E-state index contributed by atoms with van der Waals surface area (Å²) < 4.78 is 13.3. The van der Waals surface area contributed by atoms with Crippen LogP contribution in [0.5, 0.6) is 0 Å². The first-order valence-electron chi connectivity index (χ1n) is 7.99. The van der Waals surface area contributed by atoms with E-state index in [4.69, 9.17) is 9.39 Å². The van der Waals surface area contributed by atoms with Crippen LogP contribution in [0.3, 0.4) is 0 Å². The topological polar surface area (TPSA) is 56.5 Å². The van der Waals surface area contributed by atoms with Gasteiger partial charge in [0.1, 0.15) is 6.23 Å². The van der Waals surface area contributed by atoms with Gasteiger partial charge in [-0.15, -0.1) is 0 Å². The van der Waals surface area contributed by atoms with Gasteiger partial charge >= 0.3 is 7.48 Å². The molecule has 1 aliphatic rings. The Kier molecular flexibility index (Phi) is 5.48. The van der Waals surface area contributed by atoms with Crippen LogP contribution in [0, 0.1) is 0 Å². The molecule has 0 spiro atoms. The quantitative estimate of drug-likeness (QED) is 0.820. The predicted octanol–water partition coefficient (Wildman–Crippen LogP) is 2.47. The second kappa shape index (κ2) is 6.98. The summed E-state index contributed by atoms with van der Waals surface area (Å²) >= 11 is 0. The van der Waals surface area contributed by atoms with Crippen molar-refractivity contribution in [3.05, 3.63) is 23.9 Å². The van der Waals surface area contributed by atoms with Gasteiger partial charge in [-0.05, 0) is 59.1 Å². The molecule has 122 valence electrons. The second-order valence-electron chi connectivity index (χ2n) is 6.82. The number of hydrogen-bond donors (Lipinski definition) is 1. The molecule has 2 rings (SSSR count). The maximum atomic E-state index is 10.0. The molecule has 0 aromatic carbocycles. The second-order valence-corrected chi connectivity index (χ2v) is 6.82.